The van der Waals surface area contributed by atoms with Crippen LogP contribution in [0.4, 0.5) is 10.1 Å². The number of para-hydroxylation sites is 1. The van der Waals surface area contributed by atoms with Crippen molar-refractivity contribution in [2.24, 2.45) is 0 Å². The van der Waals surface area contributed by atoms with Crippen LogP contribution in [0.1, 0.15) is 36.2 Å². The summed E-state index contributed by atoms with van der Waals surface area (Å²) in [6, 6.07) is 13.1. The molecule has 2 aromatic rings. The van der Waals surface area contributed by atoms with E-state index >= 15 is 0 Å². The van der Waals surface area contributed by atoms with Gasteiger partial charge in [0.05, 0.1) is 11.3 Å². The first-order chi connectivity index (χ1) is 11.5. The molecule has 2 rings (SSSR count). The molecule has 2 amide bonds. The second-order valence-corrected chi connectivity index (χ2v) is 5.85. The van der Waals surface area contributed by atoms with Crippen molar-refractivity contribution in [1.29, 1.82) is 0 Å². The van der Waals surface area contributed by atoms with Gasteiger partial charge in [0.2, 0.25) is 5.91 Å². The maximum absolute atomic E-state index is 13.1. The highest BCUT2D eigenvalue weighted by Gasteiger charge is 2.13. The lowest BCUT2D eigenvalue weighted by atomic mass is 10.1. The van der Waals surface area contributed by atoms with E-state index in [-0.39, 0.29) is 30.1 Å². The van der Waals surface area contributed by atoms with Gasteiger partial charge in [-0.1, -0.05) is 24.3 Å². The molecule has 0 radical (unpaired) electrons. The van der Waals surface area contributed by atoms with Gasteiger partial charge in [-0.05, 0) is 50.1 Å². The number of hydrogen-bond acceptors (Lipinski definition) is 2. The van der Waals surface area contributed by atoms with Crippen molar-refractivity contribution in [2.75, 3.05) is 5.32 Å². The lowest BCUT2D eigenvalue weighted by Crippen LogP contribution is -2.31. The summed E-state index contributed by atoms with van der Waals surface area (Å²) in [4.78, 5) is 24.3. The van der Waals surface area contributed by atoms with Crippen molar-refractivity contribution in [3.8, 4) is 0 Å². The zero-order chi connectivity index (χ0) is 17.5. The summed E-state index contributed by atoms with van der Waals surface area (Å²) in [5.74, 6) is -0.765. The van der Waals surface area contributed by atoms with Crippen molar-refractivity contribution in [3.05, 3.63) is 65.5 Å². The number of carbonyl (C=O) groups excluding carboxylic acids is 2. The molecule has 2 aromatic carbocycles. The molecule has 24 heavy (non-hydrogen) atoms. The Hall–Kier alpha value is -2.69. The Bertz CT molecular complexity index is 729. The molecule has 0 unspecified atom stereocenters. The first-order valence-electron chi connectivity index (χ1n) is 7.90. The minimum absolute atomic E-state index is 0.00855. The largest absolute Gasteiger partial charge is 0.350 e. The summed E-state index contributed by atoms with van der Waals surface area (Å²) in [6.45, 7) is 3.75. The highest BCUT2D eigenvalue weighted by atomic mass is 19.1. The first kappa shape index (κ1) is 17.7. The summed E-state index contributed by atoms with van der Waals surface area (Å²) in [5.41, 5.74) is 1.65. The lowest BCUT2D eigenvalue weighted by Gasteiger charge is -2.13. The number of hydrogen-bond donors (Lipinski definition) is 2. The van der Waals surface area contributed by atoms with E-state index in [1.165, 1.54) is 12.1 Å². The molecule has 126 valence electrons. The molecule has 0 saturated heterocycles. The van der Waals surface area contributed by atoms with Crippen molar-refractivity contribution in [2.45, 2.75) is 32.7 Å². The summed E-state index contributed by atoms with van der Waals surface area (Å²) >= 11 is 0. The van der Waals surface area contributed by atoms with Gasteiger partial charge in [-0.25, -0.2) is 4.39 Å². The molecule has 0 aliphatic rings. The number of amides is 2. The van der Waals surface area contributed by atoms with E-state index < -0.39 is 0 Å². The van der Waals surface area contributed by atoms with Crippen LogP contribution in [-0.2, 0) is 11.2 Å². The van der Waals surface area contributed by atoms with Crippen LogP contribution in [0.15, 0.2) is 48.5 Å². The van der Waals surface area contributed by atoms with Crippen LogP contribution < -0.4 is 10.6 Å². The molecule has 0 spiro atoms. The summed E-state index contributed by atoms with van der Waals surface area (Å²) < 4.78 is 13.1. The van der Waals surface area contributed by atoms with Gasteiger partial charge in [0.1, 0.15) is 5.82 Å². The monoisotopic (exact) mass is 328 g/mol. The average Bonchev–Trinajstić information content (AvgIpc) is 2.53. The standard InChI is InChI=1S/C19H21FN2O2/c1-13(2)21-19(24)16-8-3-4-9-17(16)22-18(23)11-10-14-6-5-7-15(20)12-14/h3-9,12-13H,10-11H2,1-2H3,(H,21,24)(H,22,23). The molecule has 0 aliphatic carbocycles. The maximum Gasteiger partial charge on any atom is 0.253 e. The third kappa shape index (κ3) is 5.19. The second kappa shape index (κ2) is 8.24. The van der Waals surface area contributed by atoms with Gasteiger partial charge in [0.15, 0.2) is 0 Å². The number of aryl methyl sites for hydroxylation is 1. The minimum Gasteiger partial charge on any atom is -0.350 e. The quantitative estimate of drug-likeness (QED) is 0.852. The van der Waals surface area contributed by atoms with E-state index in [2.05, 4.69) is 10.6 Å². The highest BCUT2D eigenvalue weighted by molar-refractivity contribution is 6.03. The van der Waals surface area contributed by atoms with E-state index in [1.54, 1.807) is 36.4 Å². The Morgan fingerprint density at radius 2 is 1.83 bits per heavy atom. The third-order valence-corrected chi connectivity index (χ3v) is 3.40. The summed E-state index contributed by atoms with van der Waals surface area (Å²) in [5, 5.41) is 5.56. The minimum atomic E-state index is -0.316. The van der Waals surface area contributed by atoms with Crippen LogP contribution in [-0.4, -0.2) is 17.9 Å². The van der Waals surface area contributed by atoms with Crippen molar-refractivity contribution >= 4 is 17.5 Å². The molecule has 0 fully saturated rings. The summed E-state index contributed by atoms with van der Waals surface area (Å²) in [6.07, 6.45) is 0.646. The normalized spacial score (nSPS) is 10.5. The molecule has 4 nitrogen and oxygen atoms in total. The smallest absolute Gasteiger partial charge is 0.253 e. The Morgan fingerprint density at radius 3 is 2.54 bits per heavy atom. The molecular weight excluding hydrogens is 307 g/mol. The van der Waals surface area contributed by atoms with Gasteiger partial charge in [-0.3, -0.25) is 9.59 Å². The fraction of sp³-hybridized carbons (Fsp3) is 0.263. The number of rotatable bonds is 6. The average molecular weight is 328 g/mol. The fourth-order valence-corrected chi connectivity index (χ4v) is 2.29. The fourth-order valence-electron chi connectivity index (χ4n) is 2.29. The third-order valence-electron chi connectivity index (χ3n) is 3.40. The summed E-state index contributed by atoms with van der Waals surface area (Å²) in [7, 11) is 0. The topological polar surface area (TPSA) is 58.2 Å². The number of carbonyl (C=O) groups is 2. The molecule has 5 heteroatoms. The number of halogens is 1. The molecule has 2 N–H and O–H groups in total. The Labute approximate surface area is 141 Å². The van der Waals surface area contributed by atoms with Gasteiger partial charge in [0, 0.05) is 12.5 Å². The molecule has 0 atom stereocenters. The van der Waals surface area contributed by atoms with Crippen molar-refractivity contribution in [3.63, 3.8) is 0 Å². The molecule has 0 heterocycles. The predicted molar refractivity (Wildman–Crippen MR) is 92.4 cm³/mol. The van der Waals surface area contributed by atoms with Crippen LogP contribution >= 0.6 is 0 Å². The van der Waals surface area contributed by atoms with Crippen LogP contribution in [0, 0.1) is 5.82 Å². The zero-order valence-corrected chi connectivity index (χ0v) is 13.8. The van der Waals surface area contributed by atoms with Crippen LogP contribution in [0.5, 0.6) is 0 Å². The Morgan fingerprint density at radius 1 is 1.08 bits per heavy atom. The molecular formula is C19H21FN2O2. The predicted octanol–water partition coefficient (Wildman–Crippen LogP) is 3.54. The van der Waals surface area contributed by atoms with Crippen LogP contribution in [0.25, 0.3) is 0 Å². The number of benzene rings is 2. The molecule has 0 bridgehead atoms. The Kier molecular flexibility index (Phi) is 6.07. The van der Waals surface area contributed by atoms with Crippen molar-refractivity contribution < 1.29 is 14.0 Å². The van der Waals surface area contributed by atoms with Gasteiger partial charge in [0.25, 0.3) is 5.91 Å². The van der Waals surface area contributed by atoms with E-state index in [9.17, 15) is 14.0 Å². The number of anilines is 1. The lowest BCUT2D eigenvalue weighted by molar-refractivity contribution is -0.116. The van der Waals surface area contributed by atoms with E-state index in [1.807, 2.05) is 13.8 Å². The van der Waals surface area contributed by atoms with Crippen LogP contribution in [0.3, 0.4) is 0 Å². The van der Waals surface area contributed by atoms with E-state index in [4.69, 9.17) is 0 Å². The molecule has 0 saturated carbocycles. The SMILES string of the molecule is CC(C)NC(=O)c1ccccc1NC(=O)CCc1cccc(F)c1. The molecule has 0 aromatic heterocycles. The van der Waals surface area contributed by atoms with E-state index in [0.717, 1.165) is 5.56 Å². The number of nitrogens with one attached hydrogen (secondary N) is 2. The van der Waals surface area contributed by atoms with Gasteiger partial charge in [-0.15, -0.1) is 0 Å². The Balaban J connectivity index is 2.00. The van der Waals surface area contributed by atoms with Crippen molar-refractivity contribution in [1.82, 2.24) is 5.32 Å². The maximum atomic E-state index is 13.1. The van der Waals surface area contributed by atoms with Gasteiger partial charge in [-0.2, -0.15) is 0 Å². The van der Waals surface area contributed by atoms with Gasteiger partial charge >= 0.3 is 0 Å². The zero-order valence-electron chi connectivity index (χ0n) is 13.8. The van der Waals surface area contributed by atoms with E-state index in [0.29, 0.717) is 17.7 Å². The molecule has 0 aliphatic heterocycles. The van der Waals surface area contributed by atoms with Gasteiger partial charge < -0.3 is 10.6 Å². The highest BCUT2D eigenvalue weighted by Crippen LogP contribution is 2.16. The first-order valence-corrected chi connectivity index (χ1v) is 7.90. The second-order valence-electron chi connectivity index (χ2n) is 5.85. The van der Waals surface area contributed by atoms with Crippen LogP contribution in [0.2, 0.25) is 0 Å².